The lowest BCUT2D eigenvalue weighted by Gasteiger charge is -2.26. The smallest absolute Gasteiger partial charge is 0.416 e. The highest BCUT2D eigenvalue weighted by atomic mass is 32.2. The van der Waals surface area contributed by atoms with Crippen molar-refractivity contribution in [3.05, 3.63) is 113 Å². The lowest BCUT2D eigenvalue weighted by molar-refractivity contribution is -0.137. The number of nitrogens with one attached hydrogen (secondary N) is 1. The van der Waals surface area contributed by atoms with E-state index in [0.29, 0.717) is 23.3 Å². The van der Waals surface area contributed by atoms with Crippen LogP contribution in [0.1, 0.15) is 75.0 Å². The molecule has 0 aliphatic rings. The standard InChI is InChI=1S/C33H32F3NO5S.C2H6/c1-5-22-10-12-23(13-11-22)31(38)24-14-16-27(17-15-24)41-28-18-19-29(42-32(3,4)6-2)30(21-28)43(39,40)37-26-9-7-8-25(20-26)33(34,35)36;1-2/h7-21,37H,5-6H2,1-4H3;1-2H3. The Morgan fingerprint density at radius 1 is 0.800 bits per heavy atom. The van der Waals surface area contributed by atoms with Gasteiger partial charge in [0.2, 0.25) is 0 Å². The highest BCUT2D eigenvalue weighted by Crippen LogP contribution is 2.36. The van der Waals surface area contributed by atoms with E-state index in [2.05, 4.69) is 4.72 Å². The van der Waals surface area contributed by atoms with Crippen LogP contribution in [0.5, 0.6) is 17.2 Å². The highest BCUT2D eigenvalue weighted by molar-refractivity contribution is 7.92. The first-order valence-electron chi connectivity index (χ1n) is 14.7. The first-order valence-corrected chi connectivity index (χ1v) is 16.1. The Bertz CT molecular complexity index is 1700. The van der Waals surface area contributed by atoms with Gasteiger partial charge >= 0.3 is 6.18 Å². The summed E-state index contributed by atoms with van der Waals surface area (Å²) in [5.74, 6) is 0.340. The monoisotopic (exact) mass is 641 g/mol. The van der Waals surface area contributed by atoms with Gasteiger partial charge in [-0.3, -0.25) is 9.52 Å². The molecule has 6 nitrogen and oxygen atoms in total. The number of anilines is 1. The average Bonchev–Trinajstić information content (AvgIpc) is 3.02. The summed E-state index contributed by atoms with van der Waals surface area (Å²) >= 11 is 0. The number of sulfonamides is 1. The van der Waals surface area contributed by atoms with E-state index in [1.807, 2.05) is 39.8 Å². The van der Waals surface area contributed by atoms with E-state index in [-0.39, 0.29) is 27.9 Å². The van der Waals surface area contributed by atoms with E-state index in [1.165, 1.54) is 24.3 Å². The third-order valence-corrected chi connectivity index (χ3v) is 8.26. The summed E-state index contributed by atoms with van der Waals surface area (Å²) in [5.41, 5.74) is 0.151. The third kappa shape index (κ3) is 9.34. The first-order chi connectivity index (χ1) is 21.2. The zero-order chi connectivity index (χ0) is 33.4. The van der Waals surface area contributed by atoms with Gasteiger partial charge in [0.25, 0.3) is 10.0 Å². The molecule has 0 aliphatic carbocycles. The number of rotatable bonds is 11. The fraction of sp³-hybridized carbons (Fsp3) is 0.286. The maximum atomic E-state index is 13.5. The van der Waals surface area contributed by atoms with Crippen LogP contribution in [-0.4, -0.2) is 19.8 Å². The van der Waals surface area contributed by atoms with Gasteiger partial charge in [0.15, 0.2) is 5.78 Å². The van der Waals surface area contributed by atoms with Crippen molar-refractivity contribution in [2.45, 2.75) is 71.1 Å². The van der Waals surface area contributed by atoms with Gasteiger partial charge in [-0.1, -0.05) is 58.0 Å². The van der Waals surface area contributed by atoms with Gasteiger partial charge in [0.05, 0.1) is 5.56 Å². The zero-order valence-corrected chi connectivity index (χ0v) is 27.0. The normalized spacial score (nSPS) is 11.7. The molecule has 0 unspecified atom stereocenters. The fourth-order valence-corrected chi connectivity index (χ4v) is 5.25. The number of hydrogen-bond donors (Lipinski definition) is 1. The van der Waals surface area contributed by atoms with E-state index in [1.54, 1.807) is 50.2 Å². The number of carbonyl (C=O) groups is 1. The highest BCUT2D eigenvalue weighted by Gasteiger charge is 2.31. The predicted octanol–water partition coefficient (Wildman–Crippen LogP) is 9.69. The quantitative estimate of drug-likeness (QED) is 0.165. The molecule has 4 rings (SSSR count). The van der Waals surface area contributed by atoms with Gasteiger partial charge in [-0.05, 0) is 86.8 Å². The minimum atomic E-state index is -4.64. The molecule has 240 valence electrons. The summed E-state index contributed by atoms with van der Waals surface area (Å²) in [5, 5.41) is 0. The molecule has 0 fully saturated rings. The van der Waals surface area contributed by atoms with Crippen molar-refractivity contribution in [2.24, 2.45) is 0 Å². The second-order valence-electron chi connectivity index (χ2n) is 10.5. The van der Waals surface area contributed by atoms with Crippen LogP contribution in [0.4, 0.5) is 18.9 Å². The van der Waals surface area contributed by atoms with Gasteiger partial charge in [0.1, 0.15) is 27.7 Å². The molecular weight excluding hydrogens is 603 g/mol. The van der Waals surface area contributed by atoms with Gasteiger partial charge in [-0.2, -0.15) is 13.2 Å². The van der Waals surface area contributed by atoms with Crippen LogP contribution in [0, 0.1) is 0 Å². The summed E-state index contributed by atoms with van der Waals surface area (Å²) in [6.07, 6.45) is -3.22. The Labute approximate surface area is 263 Å². The number of aryl methyl sites for hydroxylation is 1. The first kappa shape index (κ1) is 35.2. The molecule has 0 aliphatic heterocycles. The fourth-order valence-electron chi connectivity index (χ4n) is 4.05. The second-order valence-corrected chi connectivity index (χ2v) is 12.2. The number of halogens is 3. The van der Waals surface area contributed by atoms with Crippen molar-refractivity contribution in [2.75, 3.05) is 4.72 Å². The van der Waals surface area contributed by atoms with Gasteiger partial charge in [-0.25, -0.2) is 8.42 Å². The molecule has 1 N–H and O–H groups in total. The summed E-state index contributed by atoms with van der Waals surface area (Å²) in [7, 11) is -4.42. The van der Waals surface area contributed by atoms with Gasteiger partial charge < -0.3 is 9.47 Å². The van der Waals surface area contributed by atoms with Crippen molar-refractivity contribution in [3.8, 4) is 17.2 Å². The van der Waals surface area contributed by atoms with Gasteiger partial charge in [0, 0.05) is 22.9 Å². The predicted molar refractivity (Wildman–Crippen MR) is 171 cm³/mol. The number of benzene rings is 4. The molecule has 4 aromatic carbocycles. The molecule has 0 bridgehead atoms. The number of ether oxygens (including phenoxy) is 2. The molecule has 0 atom stereocenters. The van der Waals surface area contributed by atoms with Crippen LogP contribution in [-0.2, 0) is 22.6 Å². The van der Waals surface area contributed by atoms with E-state index in [0.717, 1.165) is 30.2 Å². The maximum absolute atomic E-state index is 13.5. The molecule has 10 heteroatoms. The zero-order valence-electron chi connectivity index (χ0n) is 26.2. The number of alkyl halides is 3. The van der Waals surface area contributed by atoms with Crippen LogP contribution in [0.3, 0.4) is 0 Å². The maximum Gasteiger partial charge on any atom is 0.416 e. The summed E-state index contributed by atoms with van der Waals surface area (Å²) < 4.78 is 80.8. The average molecular weight is 642 g/mol. The van der Waals surface area contributed by atoms with Crippen molar-refractivity contribution in [3.63, 3.8) is 0 Å². The van der Waals surface area contributed by atoms with Gasteiger partial charge in [-0.15, -0.1) is 0 Å². The largest absolute Gasteiger partial charge is 0.486 e. The van der Waals surface area contributed by atoms with E-state index in [4.69, 9.17) is 9.47 Å². The van der Waals surface area contributed by atoms with E-state index in [9.17, 15) is 26.4 Å². The van der Waals surface area contributed by atoms with Crippen LogP contribution < -0.4 is 14.2 Å². The lowest BCUT2D eigenvalue weighted by atomic mass is 10.0. The topological polar surface area (TPSA) is 81.7 Å². The number of hydrogen-bond acceptors (Lipinski definition) is 5. The van der Waals surface area contributed by atoms with E-state index >= 15 is 0 Å². The van der Waals surface area contributed by atoms with Crippen molar-refractivity contribution >= 4 is 21.5 Å². The summed E-state index contributed by atoms with van der Waals surface area (Å²) in [6, 6.07) is 21.9. The van der Waals surface area contributed by atoms with Crippen LogP contribution in [0.15, 0.2) is 95.9 Å². The molecule has 45 heavy (non-hydrogen) atoms. The Hall–Kier alpha value is -4.31. The van der Waals surface area contributed by atoms with Crippen LogP contribution >= 0.6 is 0 Å². The Morgan fingerprint density at radius 2 is 1.38 bits per heavy atom. The van der Waals surface area contributed by atoms with Crippen LogP contribution in [0.2, 0.25) is 0 Å². The number of carbonyl (C=O) groups excluding carboxylic acids is 1. The van der Waals surface area contributed by atoms with Crippen molar-refractivity contribution < 1.29 is 35.9 Å². The third-order valence-electron chi connectivity index (χ3n) is 6.86. The molecule has 0 amide bonds. The number of ketones is 1. The summed E-state index contributed by atoms with van der Waals surface area (Å²) in [6.45, 7) is 11.5. The van der Waals surface area contributed by atoms with E-state index < -0.39 is 27.4 Å². The minimum absolute atomic E-state index is 0.00807. The second kappa shape index (κ2) is 14.6. The summed E-state index contributed by atoms with van der Waals surface area (Å²) in [4.78, 5) is 12.6. The van der Waals surface area contributed by atoms with Crippen molar-refractivity contribution in [1.82, 2.24) is 0 Å². The Morgan fingerprint density at radius 3 is 1.93 bits per heavy atom. The molecule has 0 radical (unpaired) electrons. The Balaban J connectivity index is 0.00000271. The molecule has 4 aromatic rings. The lowest BCUT2D eigenvalue weighted by Crippen LogP contribution is -2.28. The minimum Gasteiger partial charge on any atom is -0.486 e. The molecular formula is C35H38F3NO5S. The molecule has 0 heterocycles. The Kier molecular flexibility index (Phi) is 11.4. The SMILES string of the molecule is CC.CCc1ccc(C(=O)c2ccc(Oc3ccc(OC(C)(C)CC)c(S(=O)(=O)Nc4cccc(C(F)(F)F)c4)c3)cc2)cc1. The molecule has 0 spiro atoms. The van der Waals surface area contributed by atoms with Crippen molar-refractivity contribution in [1.29, 1.82) is 0 Å². The molecule has 0 saturated heterocycles. The molecule has 0 saturated carbocycles. The molecule has 0 aromatic heterocycles. The van der Waals surface area contributed by atoms with Crippen LogP contribution in [0.25, 0.3) is 0 Å².